The molecule has 1 aromatic heterocycles. The molecule has 0 aromatic carbocycles. The van der Waals surface area contributed by atoms with Crippen molar-refractivity contribution in [3.8, 4) is 6.01 Å². The van der Waals surface area contributed by atoms with Crippen LogP contribution in [0.15, 0.2) is 5.16 Å². The van der Waals surface area contributed by atoms with Gasteiger partial charge in [0, 0.05) is 12.3 Å². The van der Waals surface area contributed by atoms with Crippen molar-refractivity contribution in [3.63, 3.8) is 0 Å². The SMILES string of the molecule is CCC(C)Sc1nc(NC)nc(OC(C)C)n1. The number of thioether (sulfide) groups is 1. The highest BCUT2D eigenvalue weighted by atomic mass is 32.2. The molecular formula is C11H20N4OS. The summed E-state index contributed by atoms with van der Waals surface area (Å²) in [7, 11) is 1.78. The fraction of sp³-hybridized carbons (Fsp3) is 0.727. The molecule has 0 bridgehead atoms. The Bertz CT molecular complexity index is 359. The third-order valence-corrected chi connectivity index (χ3v) is 3.17. The summed E-state index contributed by atoms with van der Waals surface area (Å²) in [5, 5.41) is 4.10. The van der Waals surface area contributed by atoms with Crippen molar-refractivity contribution in [2.45, 2.75) is 50.6 Å². The number of nitrogens with one attached hydrogen (secondary N) is 1. The molecule has 0 aliphatic heterocycles. The zero-order valence-corrected chi connectivity index (χ0v) is 11.8. The fourth-order valence-electron chi connectivity index (χ4n) is 1.03. The minimum Gasteiger partial charge on any atom is -0.461 e. The van der Waals surface area contributed by atoms with Crippen molar-refractivity contribution >= 4 is 17.7 Å². The van der Waals surface area contributed by atoms with E-state index in [0.717, 1.165) is 6.42 Å². The second kappa shape index (κ2) is 6.64. The molecule has 96 valence electrons. The Morgan fingerprint density at radius 2 is 1.94 bits per heavy atom. The van der Waals surface area contributed by atoms with Crippen LogP contribution >= 0.6 is 11.8 Å². The van der Waals surface area contributed by atoms with Gasteiger partial charge in [-0.2, -0.15) is 15.0 Å². The van der Waals surface area contributed by atoms with E-state index < -0.39 is 0 Å². The zero-order valence-electron chi connectivity index (χ0n) is 11.0. The first kappa shape index (κ1) is 14.0. The van der Waals surface area contributed by atoms with E-state index in [2.05, 4.69) is 34.1 Å². The highest BCUT2D eigenvalue weighted by Gasteiger charge is 2.11. The van der Waals surface area contributed by atoms with Gasteiger partial charge in [-0.05, 0) is 20.3 Å². The summed E-state index contributed by atoms with van der Waals surface area (Å²) in [5.74, 6) is 0.543. The molecular weight excluding hydrogens is 236 g/mol. The molecule has 0 saturated carbocycles. The van der Waals surface area contributed by atoms with Crippen LogP contribution in [0.4, 0.5) is 5.95 Å². The number of hydrogen-bond acceptors (Lipinski definition) is 6. The van der Waals surface area contributed by atoms with E-state index in [1.54, 1.807) is 18.8 Å². The Morgan fingerprint density at radius 1 is 1.24 bits per heavy atom. The number of aromatic nitrogens is 3. The molecule has 5 nitrogen and oxygen atoms in total. The summed E-state index contributed by atoms with van der Waals surface area (Å²) >= 11 is 1.63. The van der Waals surface area contributed by atoms with E-state index in [0.29, 0.717) is 22.4 Å². The Kier molecular flexibility index (Phi) is 5.47. The summed E-state index contributed by atoms with van der Waals surface area (Å²) in [5.41, 5.74) is 0. The van der Waals surface area contributed by atoms with Gasteiger partial charge in [0.1, 0.15) is 0 Å². The van der Waals surface area contributed by atoms with Gasteiger partial charge in [-0.25, -0.2) is 0 Å². The number of hydrogen-bond donors (Lipinski definition) is 1. The first-order valence-electron chi connectivity index (χ1n) is 5.82. The van der Waals surface area contributed by atoms with Gasteiger partial charge in [0.05, 0.1) is 6.10 Å². The first-order valence-corrected chi connectivity index (χ1v) is 6.70. The highest BCUT2D eigenvalue weighted by Crippen LogP contribution is 2.23. The van der Waals surface area contributed by atoms with Crippen LogP contribution in [0.3, 0.4) is 0 Å². The number of rotatable bonds is 6. The second-order valence-corrected chi connectivity index (χ2v) is 5.38. The molecule has 6 heteroatoms. The van der Waals surface area contributed by atoms with Gasteiger partial charge in [-0.15, -0.1) is 0 Å². The van der Waals surface area contributed by atoms with Crippen molar-refractivity contribution in [2.24, 2.45) is 0 Å². The molecule has 17 heavy (non-hydrogen) atoms. The van der Waals surface area contributed by atoms with Gasteiger partial charge in [-0.3, -0.25) is 0 Å². The summed E-state index contributed by atoms with van der Waals surface area (Å²) in [4.78, 5) is 12.7. The predicted molar refractivity (Wildman–Crippen MR) is 70.7 cm³/mol. The van der Waals surface area contributed by atoms with Gasteiger partial charge in [0.15, 0.2) is 5.16 Å². The molecule has 1 atom stereocenters. The normalized spacial score (nSPS) is 12.6. The predicted octanol–water partition coefficient (Wildman–Crippen LogP) is 2.59. The average molecular weight is 256 g/mol. The molecule has 0 saturated heterocycles. The standard InChI is InChI=1S/C11H20N4OS/c1-6-8(4)17-11-14-9(12-5)13-10(15-11)16-7(2)3/h7-8H,6H2,1-5H3,(H,12,13,14,15). The Morgan fingerprint density at radius 3 is 2.47 bits per heavy atom. The third kappa shape index (κ3) is 4.77. The summed E-state index contributed by atoms with van der Waals surface area (Å²) in [6.07, 6.45) is 1.13. The molecule has 1 unspecified atom stereocenters. The number of anilines is 1. The molecule has 1 aromatic rings. The molecule has 1 heterocycles. The smallest absolute Gasteiger partial charge is 0.322 e. The summed E-state index contributed by atoms with van der Waals surface area (Å²) in [6.45, 7) is 8.19. The largest absolute Gasteiger partial charge is 0.461 e. The summed E-state index contributed by atoms with van der Waals surface area (Å²) in [6, 6.07) is 0.380. The zero-order chi connectivity index (χ0) is 12.8. The molecule has 1 rings (SSSR count). The van der Waals surface area contributed by atoms with Crippen LogP contribution in [0, 0.1) is 0 Å². The summed E-state index contributed by atoms with van der Waals surface area (Å²) < 4.78 is 5.50. The van der Waals surface area contributed by atoms with Gasteiger partial charge in [0.25, 0.3) is 0 Å². The van der Waals surface area contributed by atoms with Crippen LogP contribution in [0.2, 0.25) is 0 Å². The number of ether oxygens (including phenoxy) is 1. The Balaban J connectivity index is 2.88. The molecule has 0 radical (unpaired) electrons. The highest BCUT2D eigenvalue weighted by molar-refractivity contribution is 7.99. The van der Waals surface area contributed by atoms with Crippen molar-refractivity contribution in [1.29, 1.82) is 0 Å². The molecule has 0 spiro atoms. The van der Waals surface area contributed by atoms with Crippen molar-refractivity contribution in [1.82, 2.24) is 15.0 Å². The Hall–Kier alpha value is -1.04. The number of nitrogens with zero attached hydrogens (tertiary/aromatic N) is 3. The van der Waals surface area contributed by atoms with Crippen molar-refractivity contribution in [2.75, 3.05) is 12.4 Å². The van der Waals surface area contributed by atoms with Crippen LogP contribution in [0.1, 0.15) is 34.1 Å². The van der Waals surface area contributed by atoms with Crippen LogP contribution in [0.25, 0.3) is 0 Å². The monoisotopic (exact) mass is 256 g/mol. The van der Waals surface area contributed by atoms with E-state index in [4.69, 9.17) is 4.74 Å². The molecule has 0 aliphatic rings. The maximum absolute atomic E-state index is 5.50. The fourth-order valence-corrected chi connectivity index (χ4v) is 1.83. The van der Waals surface area contributed by atoms with Gasteiger partial charge in [0.2, 0.25) is 5.95 Å². The van der Waals surface area contributed by atoms with E-state index in [-0.39, 0.29) is 6.10 Å². The van der Waals surface area contributed by atoms with Crippen molar-refractivity contribution in [3.05, 3.63) is 0 Å². The molecule has 1 N–H and O–H groups in total. The van der Waals surface area contributed by atoms with Gasteiger partial charge in [-0.1, -0.05) is 25.6 Å². The quantitative estimate of drug-likeness (QED) is 0.789. The molecule has 0 aliphatic carbocycles. The van der Waals surface area contributed by atoms with E-state index in [1.165, 1.54) is 0 Å². The van der Waals surface area contributed by atoms with Crippen LogP contribution in [-0.4, -0.2) is 33.4 Å². The van der Waals surface area contributed by atoms with E-state index in [1.807, 2.05) is 13.8 Å². The lowest BCUT2D eigenvalue weighted by atomic mass is 10.4. The Labute approximate surface area is 107 Å². The van der Waals surface area contributed by atoms with Crippen molar-refractivity contribution < 1.29 is 4.74 Å². The first-order chi connectivity index (χ1) is 8.05. The van der Waals surface area contributed by atoms with E-state index >= 15 is 0 Å². The van der Waals surface area contributed by atoms with Crippen LogP contribution in [-0.2, 0) is 0 Å². The third-order valence-electron chi connectivity index (χ3n) is 2.04. The molecule has 0 fully saturated rings. The van der Waals surface area contributed by atoms with Gasteiger partial charge >= 0.3 is 6.01 Å². The maximum atomic E-state index is 5.50. The lowest BCUT2D eigenvalue weighted by Crippen LogP contribution is -2.11. The second-order valence-electron chi connectivity index (χ2n) is 3.98. The lowest BCUT2D eigenvalue weighted by Gasteiger charge is -2.11. The average Bonchev–Trinajstić information content (AvgIpc) is 2.27. The van der Waals surface area contributed by atoms with Crippen LogP contribution < -0.4 is 10.1 Å². The maximum Gasteiger partial charge on any atom is 0.322 e. The van der Waals surface area contributed by atoms with Crippen LogP contribution in [0.5, 0.6) is 6.01 Å². The topological polar surface area (TPSA) is 59.9 Å². The lowest BCUT2D eigenvalue weighted by molar-refractivity contribution is 0.219. The van der Waals surface area contributed by atoms with Gasteiger partial charge < -0.3 is 10.1 Å². The minimum absolute atomic E-state index is 0.0588. The molecule has 0 amide bonds. The van der Waals surface area contributed by atoms with E-state index in [9.17, 15) is 0 Å². The minimum atomic E-state index is 0.0588.